The van der Waals surface area contributed by atoms with Crippen LogP contribution in [-0.4, -0.2) is 46.7 Å². The van der Waals surface area contributed by atoms with Crippen LogP contribution < -0.4 is 0 Å². The number of hydrogen-bond acceptors (Lipinski definition) is 5. The second kappa shape index (κ2) is 6.98. The lowest BCUT2D eigenvalue weighted by Gasteiger charge is -2.36. The number of aliphatic hydroxyl groups is 1. The molecular weight excluding hydrogens is 320 g/mol. The molecule has 0 aromatic carbocycles. The molecule has 3 heterocycles. The molecule has 6 heteroatoms. The van der Waals surface area contributed by atoms with Gasteiger partial charge in [-0.1, -0.05) is 6.07 Å². The average molecular weight is 342 g/mol. The first-order chi connectivity index (χ1) is 12.2. The van der Waals surface area contributed by atoms with Crippen LogP contribution in [0.3, 0.4) is 0 Å². The molecule has 4 atom stereocenters. The van der Waals surface area contributed by atoms with Crippen LogP contribution in [0.1, 0.15) is 36.2 Å². The maximum Gasteiger partial charge on any atom is 0.226 e. The van der Waals surface area contributed by atoms with Crippen molar-refractivity contribution in [2.24, 2.45) is 5.92 Å². The summed E-state index contributed by atoms with van der Waals surface area (Å²) in [4.78, 5) is 19.0. The number of carbonyl (C=O) groups excluding carboxylic acids is 1. The molecule has 6 nitrogen and oxygen atoms in total. The summed E-state index contributed by atoms with van der Waals surface area (Å²) in [7, 11) is 0. The highest BCUT2D eigenvalue weighted by atomic mass is 16.5. The van der Waals surface area contributed by atoms with Crippen molar-refractivity contribution < 1.29 is 19.1 Å². The molecule has 25 heavy (non-hydrogen) atoms. The Labute approximate surface area is 146 Å². The zero-order valence-corrected chi connectivity index (χ0v) is 14.0. The molecule has 0 radical (unpaired) electrons. The van der Waals surface area contributed by atoms with Crippen LogP contribution in [0.15, 0.2) is 47.3 Å². The van der Waals surface area contributed by atoms with Crippen molar-refractivity contribution in [2.45, 2.75) is 30.9 Å². The molecule has 1 N–H and O–H groups in total. The van der Waals surface area contributed by atoms with E-state index < -0.39 is 6.10 Å². The lowest BCUT2D eigenvalue weighted by molar-refractivity contribution is -0.142. The van der Waals surface area contributed by atoms with Gasteiger partial charge in [0.15, 0.2) is 0 Å². The molecule has 2 aromatic rings. The highest BCUT2D eigenvalue weighted by molar-refractivity contribution is 5.83. The molecule has 1 saturated carbocycles. The summed E-state index contributed by atoms with van der Waals surface area (Å²) < 4.78 is 10.8. The molecule has 2 aromatic heterocycles. The summed E-state index contributed by atoms with van der Waals surface area (Å²) in [6, 6.07) is 7.31. The van der Waals surface area contributed by atoms with E-state index >= 15 is 0 Å². The van der Waals surface area contributed by atoms with Gasteiger partial charge in [-0.2, -0.15) is 0 Å². The van der Waals surface area contributed by atoms with Crippen molar-refractivity contribution in [3.8, 4) is 0 Å². The van der Waals surface area contributed by atoms with Gasteiger partial charge in [-0.25, -0.2) is 0 Å². The SMILES string of the molecule is O=C([C@@H]1C[C@H]1c1cccnc1)N1CCOC[C@@H]1C[C@@H](O)c1ccco1. The van der Waals surface area contributed by atoms with Crippen LogP contribution in [0, 0.1) is 5.92 Å². The Morgan fingerprint density at radius 3 is 3.08 bits per heavy atom. The van der Waals surface area contributed by atoms with Gasteiger partial charge in [0.2, 0.25) is 5.91 Å². The third-order valence-corrected chi connectivity index (χ3v) is 5.10. The quantitative estimate of drug-likeness (QED) is 0.901. The molecule has 1 aliphatic carbocycles. The number of amides is 1. The van der Waals surface area contributed by atoms with Crippen molar-refractivity contribution in [3.05, 3.63) is 54.2 Å². The van der Waals surface area contributed by atoms with Crippen LogP contribution in [0.2, 0.25) is 0 Å². The maximum atomic E-state index is 13.0. The van der Waals surface area contributed by atoms with Crippen molar-refractivity contribution in [1.82, 2.24) is 9.88 Å². The molecule has 4 rings (SSSR count). The van der Waals surface area contributed by atoms with Gasteiger partial charge in [0.25, 0.3) is 0 Å². The van der Waals surface area contributed by atoms with Crippen molar-refractivity contribution in [2.75, 3.05) is 19.8 Å². The zero-order valence-electron chi connectivity index (χ0n) is 14.0. The minimum Gasteiger partial charge on any atom is -0.467 e. The maximum absolute atomic E-state index is 13.0. The molecule has 2 fully saturated rings. The summed E-state index contributed by atoms with van der Waals surface area (Å²) in [5.41, 5.74) is 1.13. The summed E-state index contributed by atoms with van der Waals surface area (Å²) >= 11 is 0. The van der Waals surface area contributed by atoms with Crippen molar-refractivity contribution in [1.29, 1.82) is 0 Å². The Kier molecular flexibility index (Phi) is 4.55. The second-order valence-corrected chi connectivity index (χ2v) is 6.76. The number of rotatable bonds is 5. The number of nitrogens with zero attached hydrogens (tertiary/aromatic N) is 2. The Bertz CT molecular complexity index is 703. The normalized spacial score (nSPS) is 27.1. The number of pyridine rings is 1. The first-order valence-corrected chi connectivity index (χ1v) is 8.73. The molecule has 0 bridgehead atoms. The Balaban J connectivity index is 1.42. The minimum absolute atomic E-state index is 0.0190. The molecule has 1 saturated heterocycles. The van der Waals surface area contributed by atoms with Crippen LogP contribution in [-0.2, 0) is 9.53 Å². The standard InChI is InChI=1S/C19H22N2O4/c22-17(18-4-2-7-25-18)9-14-12-24-8-6-21(14)19(23)16-10-15(16)13-3-1-5-20-11-13/h1-5,7,11,14-17,22H,6,8-10,12H2/t14-,15-,16+,17+/m0/s1. The third kappa shape index (κ3) is 3.45. The monoisotopic (exact) mass is 342 g/mol. The predicted molar refractivity (Wildman–Crippen MR) is 89.7 cm³/mol. The van der Waals surface area contributed by atoms with E-state index in [9.17, 15) is 9.90 Å². The highest BCUT2D eigenvalue weighted by Gasteiger charge is 2.47. The fourth-order valence-electron chi connectivity index (χ4n) is 3.64. The Morgan fingerprint density at radius 2 is 2.32 bits per heavy atom. The fraction of sp³-hybridized carbons (Fsp3) is 0.474. The van der Waals surface area contributed by atoms with Crippen molar-refractivity contribution in [3.63, 3.8) is 0 Å². The zero-order chi connectivity index (χ0) is 17.2. The Morgan fingerprint density at radius 1 is 1.40 bits per heavy atom. The minimum atomic E-state index is -0.731. The van der Waals surface area contributed by atoms with Gasteiger partial charge < -0.3 is 19.2 Å². The summed E-state index contributed by atoms with van der Waals surface area (Å²) in [6.45, 7) is 1.57. The summed E-state index contributed by atoms with van der Waals surface area (Å²) in [6.07, 6.45) is 5.69. The van der Waals surface area contributed by atoms with Crippen LogP contribution in [0.5, 0.6) is 0 Å². The van der Waals surface area contributed by atoms with E-state index in [0.29, 0.717) is 31.9 Å². The van der Waals surface area contributed by atoms with Gasteiger partial charge in [0.1, 0.15) is 11.9 Å². The summed E-state index contributed by atoms with van der Waals surface area (Å²) in [5, 5.41) is 10.3. The summed E-state index contributed by atoms with van der Waals surface area (Å²) in [5.74, 6) is 0.969. The first-order valence-electron chi connectivity index (χ1n) is 8.73. The Hall–Kier alpha value is -2.18. The molecule has 0 unspecified atom stereocenters. The van der Waals surface area contributed by atoms with Gasteiger partial charge in [0.05, 0.1) is 25.5 Å². The number of aliphatic hydroxyl groups excluding tert-OH is 1. The van der Waals surface area contributed by atoms with Crippen LogP contribution in [0.4, 0.5) is 0 Å². The van der Waals surface area contributed by atoms with Gasteiger partial charge >= 0.3 is 0 Å². The smallest absolute Gasteiger partial charge is 0.226 e. The van der Waals surface area contributed by atoms with E-state index in [2.05, 4.69) is 4.98 Å². The van der Waals surface area contributed by atoms with E-state index in [-0.39, 0.29) is 23.8 Å². The van der Waals surface area contributed by atoms with E-state index in [4.69, 9.17) is 9.15 Å². The van der Waals surface area contributed by atoms with E-state index in [1.807, 2.05) is 23.2 Å². The van der Waals surface area contributed by atoms with Crippen LogP contribution in [0.25, 0.3) is 0 Å². The second-order valence-electron chi connectivity index (χ2n) is 6.76. The molecular formula is C19H22N2O4. The fourth-order valence-corrected chi connectivity index (χ4v) is 3.64. The van der Waals surface area contributed by atoms with Crippen LogP contribution >= 0.6 is 0 Å². The van der Waals surface area contributed by atoms with Gasteiger partial charge in [-0.05, 0) is 36.1 Å². The predicted octanol–water partition coefficient (Wildman–Crippen LogP) is 2.13. The highest BCUT2D eigenvalue weighted by Crippen LogP contribution is 2.48. The lowest BCUT2D eigenvalue weighted by atomic mass is 10.0. The number of aromatic nitrogens is 1. The largest absolute Gasteiger partial charge is 0.467 e. The van der Waals surface area contributed by atoms with E-state index in [1.165, 1.54) is 0 Å². The molecule has 1 aliphatic heterocycles. The lowest BCUT2D eigenvalue weighted by Crippen LogP contribution is -2.50. The first kappa shape index (κ1) is 16.3. The molecule has 2 aliphatic rings. The van der Waals surface area contributed by atoms with Gasteiger partial charge in [-0.3, -0.25) is 9.78 Å². The number of hydrogen-bond donors (Lipinski definition) is 1. The van der Waals surface area contributed by atoms with Gasteiger partial charge in [0, 0.05) is 31.3 Å². The van der Waals surface area contributed by atoms with E-state index in [0.717, 1.165) is 12.0 Å². The van der Waals surface area contributed by atoms with E-state index in [1.54, 1.807) is 24.6 Å². The number of furan rings is 1. The van der Waals surface area contributed by atoms with Gasteiger partial charge in [-0.15, -0.1) is 0 Å². The molecule has 1 amide bonds. The van der Waals surface area contributed by atoms with Crippen molar-refractivity contribution >= 4 is 5.91 Å². The number of carbonyl (C=O) groups is 1. The molecule has 132 valence electrons. The number of morpholine rings is 1. The number of ether oxygens (including phenoxy) is 1. The topological polar surface area (TPSA) is 75.8 Å². The average Bonchev–Trinajstić information content (AvgIpc) is 3.26. The third-order valence-electron chi connectivity index (χ3n) is 5.10. The molecule has 0 spiro atoms.